The van der Waals surface area contributed by atoms with Gasteiger partial charge in [-0.15, -0.1) is 0 Å². The Labute approximate surface area is 125 Å². The van der Waals surface area contributed by atoms with Crippen molar-refractivity contribution in [2.45, 2.75) is 13.1 Å². The average molecular weight is 303 g/mol. The lowest BCUT2D eigenvalue weighted by Gasteiger charge is -2.07. The quantitative estimate of drug-likeness (QED) is 0.639. The Hall–Kier alpha value is -2.56. The molecule has 0 spiro atoms. The van der Waals surface area contributed by atoms with E-state index in [1.807, 2.05) is 30.3 Å². The zero-order valence-corrected chi connectivity index (χ0v) is 11.7. The summed E-state index contributed by atoms with van der Waals surface area (Å²) in [5.41, 5.74) is 1.27. The molecule has 3 rings (SSSR count). The third-order valence-corrected chi connectivity index (χ3v) is 3.26. The van der Waals surface area contributed by atoms with Gasteiger partial charge in [-0.25, -0.2) is 4.98 Å². The van der Waals surface area contributed by atoms with Gasteiger partial charge in [-0.2, -0.15) is 13.2 Å². The van der Waals surface area contributed by atoms with Crippen LogP contribution in [0.5, 0.6) is 0 Å². The molecule has 0 aliphatic rings. The maximum absolute atomic E-state index is 12.6. The highest BCUT2D eigenvalue weighted by atomic mass is 19.4. The zero-order chi connectivity index (χ0) is 15.7. The van der Waals surface area contributed by atoms with Crippen LogP contribution in [0.1, 0.15) is 11.5 Å². The minimum atomic E-state index is -4.35. The molecule has 0 atom stereocenters. The van der Waals surface area contributed by atoms with Crippen molar-refractivity contribution in [3.63, 3.8) is 0 Å². The minimum absolute atomic E-state index is 0.466. The molecule has 112 valence electrons. The number of nitrogens with zero attached hydrogens (tertiary/aromatic N) is 1. The number of aromatic nitrogens is 1. The Morgan fingerprint density at radius 3 is 2.09 bits per heavy atom. The lowest BCUT2D eigenvalue weighted by molar-refractivity contribution is -0.137. The molecule has 2 nitrogen and oxygen atoms in total. The summed E-state index contributed by atoms with van der Waals surface area (Å²) in [5.74, 6) is 1.02. The van der Waals surface area contributed by atoms with Crippen molar-refractivity contribution in [2.75, 3.05) is 0 Å². The zero-order valence-electron chi connectivity index (χ0n) is 11.7. The Morgan fingerprint density at radius 1 is 0.864 bits per heavy atom. The van der Waals surface area contributed by atoms with Gasteiger partial charge in [0.25, 0.3) is 0 Å². The summed E-state index contributed by atoms with van der Waals surface area (Å²) in [5, 5.41) is 0. The van der Waals surface area contributed by atoms with Crippen LogP contribution >= 0.6 is 0 Å². The predicted molar refractivity (Wildman–Crippen MR) is 77.1 cm³/mol. The Balaban J connectivity index is 2.06. The van der Waals surface area contributed by atoms with Gasteiger partial charge in [0.05, 0.1) is 5.56 Å². The number of oxazole rings is 1. The summed E-state index contributed by atoms with van der Waals surface area (Å²) in [6, 6.07) is 14.3. The van der Waals surface area contributed by atoms with E-state index in [2.05, 4.69) is 4.98 Å². The van der Waals surface area contributed by atoms with Crippen LogP contribution in [0.3, 0.4) is 0 Å². The van der Waals surface area contributed by atoms with E-state index < -0.39 is 11.7 Å². The average Bonchev–Trinajstić information content (AvgIpc) is 2.89. The van der Waals surface area contributed by atoms with Crippen LogP contribution in [-0.2, 0) is 6.18 Å². The maximum Gasteiger partial charge on any atom is 0.416 e. The number of benzene rings is 2. The summed E-state index contributed by atoms with van der Waals surface area (Å²) in [4.78, 5) is 4.30. The first-order valence-electron chi connectivity index (χ1n) is 6.65. The van der Waals surface area contributed by atoms with Gasteiger partial charge >= 0.3 is 6.18 Å². The molecule has 5 heteroatoms. The van der Waals surface area contributed by atoms with Crippen molar-refractivity contribution in [1.29, 1.82) is 0 Å². The van der Waals surface area contributed by atoms with E-state index >= 15 is 0 Å². The number of alkyl halides is 3. The fourth-order valence-electron chi connectivity index (χ4n) is 2.22. The number of hydrogen-bond donors (Lipinski definition) is 0. The van der Waals surface area contributed by atoms with Gasteiger partial charge in [0, 0.05) is 18.1 Å². The predicted octanol–water partition coefficient (Wildman–Crippen LogP) is 5.34. The molecule has 3 aromatic rings. The van der Waals surface area contributed by atoms with E-state index in [4.69, 9.17) is 4.42 Å². The smallest absolute Gasteiger partial charge is 0.416 e. The molecule has 22 heavy (non-hydrogen) atoms. The van der Waals surface area contributed by atoms with Gasteiger partial charge in [0.15, 0.2) is 11.7 Å². The van der Waals surface area contributed by atoms with E-state index in [1.165, 1.54) is 12.1 Å². The number of halogens is 3. The van der Waals surface area contributed by atoms with Gasteiger partial charge < -0.3 is 4.42 Å². The minimum Gasteiger partial charge on any atom is -0.440 e. The van der Waals surface area contributed by atoms with Crippen LogP contribution in [-0.4, -0.2) is 4.98 Å². The van der Waals surface area contributed by atoms with Crippen molar-refractivity contribution < 1.29 is 17.6 Å². The molecule has 0 aliphatic carbocycles. The van der Waals surface area contributed by atoms with Crippen LogP contribution in [0, 0.1) is 6.92 Å². The normalized spacial score (nSPS) is 11.6. The second-order valence-electron chi connectivity index (χ2n) is 4.85. The molecule has 0 fully saturated rings. The van der Waals surface area contributed by atoms with Crippen LogP contribution in [0.4, 0.5) is 13.2 Å². The summed E-state index contributed by atoms with van der Waals surface area (Å²) >= 11 is 0. The highest BCUT2D eigenvalue weighted by molar-refractivity contribution is 5.76. The Kier molecular flexibility index (Phi) is 3.48. The van der Waals surface area contributed by atoms with Crippen molar-refractivity contribution in [3.05, 3.63) is 66.1 Å². The van der Waals surface area contributed by atoms with Crippen molar-refractivity contribution >= 4 is 0 Å². The first-order chi connectivity index (χ1) is 10.4. The molecule has 0 radical (unpaired) electrons. The lowest BCUT2D eigenvalue weighted by Crippen LogP contribution is -2.04. The summed E-state index contributed by atoms with van der Waals surface area (Å²) < 4.78 is 43.5. The topological polar surface area (TPSA) is 26.0 Å². The van der Waals surface area contributed by atoms with E-state index in [-0.39, 0.29) is 0 Å². The first kappa shape index (κ1) is 14.4. The molecular weight excluding hydrogens is 291 g/mol. The molecule has 0 unspecified atom stereocenters. The number of hydrogen-bond acceptors (Lipinski definition) is 2. The maximum atomic E-state index is 12.6. The van der Waals surface area contributed by atoms with Gasteiger partial charge in [-0.3, -0.25) is 0 Å². The summed E-state index contributed by atoms with van der Waals surface area (Å²) in [7, 11) is 0. The Bertz CT molecular complexity index is 774. The van der Waals surface area contributed by atoms with Crippen LogP contribution in [0.15, 0.2) is 59.0 Å². The van der Waals surface area contributed by atoms with E-state index in [9.17, 15) is 13.2 Å². The molecule has 0 amide bonds. The van der Waals surface area contributed by atoms with Gasteiger partial charge in [-0.1, -0.05) is 42.5 Å². The molecule has 2 aromatic carbocycles. The molecule has 0 saturated heterocycles. The molecule has 0 saturated carbocycles. The number of rotatable bonds is 2. The second kappa shape index (κ2) is 5.33. The van der Waals surface area contributed by atoms with Crippen molar-refractivity contribution in [2.24, 2.45) is 0 Å². The fraction of sp³-hybridized carbons (Fsp3) is 0.118. The third-order valence-electron chi connectivity index (χ3n) is 3.26. The monoisotopic (exact) mass is 303 g/mol. The van der Waals surface area contributed by atoms with Gasteiger partial charge in [-0.05, 0) is 12.1 Å². The molecule has 0 N–H and O–H groups in total. The fourth-order valence-corrected chi connectivity index (χ4v) is 2.22. The van der Waals surface area contributed by atoms with Crippen molar-refractivity contribution in [3.8, 4) is 22.6 Å². The second-order valence-corrected chi connectivity index (χ2v) is 4.85. The molecule has 1 heterocycles. The summed E-state index contributed by atoms with van der Waals surface area (Å²) in [6.45, 7) is 1.71. The van der Waals surface area contributed by atoms with Crippen LogP contribution < -0.4 is 0 Å². The SMILES string of the molecule is Cc1nc(-c2ccc(C(F)(F)F)cc2)c(-c2ccccc2)o1. The highest BCUT2D eigenvalue weighted by Gasteiger charge is 2.30. The molecule has 1 aromatic heterocycles. The third kappa shape index (κ3) is 2.74. The van der Waals surface area contributed by atoms with Crippen molar-refractivity contribution in [1.82, 2.24) is 4.98 Å². The Morgan fingerprint density at radius 2 is 1.50 bits per heavy atom. The largest absolute Gasteiger partial charge is 0.440 e. The molecule has 0 aliphatic heterocycles. The van der Waals surface area contributed by atoms with Crippen LogP contribution in [0.2, 0.25) is 0 Å². The van der Waals surface area contributed by atoms with E-state index in [0.29, 0.717) is 22.9 Å². The van der Waals surface area contributed by atoms with E-state index in [1.54, 1.807) is 6.92 Å². The molecular formula is C17H12F3NO. The number of aryl methyl sites for hydroxylation is 1. The van der Waals surface area contributed by atoms with Crippen LogP contribution in [0.25, 0.3) is 22.6 Å². The van der Waals surface area contributed by atoms with Gasteiger partial charge in [0.1, 0.15) is 5.69 Å². The lowest BCUT2D eigenvalue weighted by atomic mass is 10.0. The summed E-state index contributed by atoms with van der Waals surface area (Å²) in [6.07, 6.45) is -4.35. The first-order valence-corrected chi connectivity index (χ1v) is 6.65. The van der Waals surface area contributed by atoms with Gasteiger partial charge in [0.2, 0.25) is 0 Å². The highest BCUT2D eigenvalue weighted by Crippen LogP contribution is 2.35. The van der Waals surface area contributed by atoms with E-state index in [0.717, 1.165) is 17.7 Å². The standard InChI is InChI=1S/C17H12F3NO/c1-11-21-15(16(22-11)13-5-3-2-4-6-13)12-7-9-14(10-8-12)17(18,19)20/h2-10H,1H3. The molecule has 0 bridgehead atoms.